The van der Waals surface area contributed by atoms with Gasteiger partial charge < -0.3 is 10.6 Å². The minimum atomic E-state index is -0.267. The molecule has 0 radical (unpaired) electrons. The van der Waals surface area contributed by atoms with Gasteiger partial charge in [0.2, 0.25) is 0 Å². The van der Waals surface area contributed by atoms with Crippen molar-refractivity contribution in [3.05, 3.63) is 88.8 Å². The van der Waals surface area contributed by atoms with Crippen LogP contribution in [-0.2, 0) is 6.42 Å². The summed E-state index contributed by atoms with van der Waals surface area (Å²) in [6, 6.07) is 17.1. The number of hydrogen-bond donors (Lipinski definition) is 2. The quantitative estimate of drug-likeness (QED) is 0.668. The first kappa shape index (κ1) is 17.9. The van der Waals surface area contributed by atoms with Gasteiger partial charge in [0.1, 0.15) is 11.6 Å². The van der Waals surface area contributed by atoms with E-state index < -0.39 is 0 Å². The van der Waals surface area contributed by atoms with Gasteiger partial charge in [-0.05, 0) is 42.3 Å². The van der Waals surface area contributed by atoms with Crippen LogP contribution in [0.5, 0.6) is 0 Å². The first-order chi connectivity index (χ1) is 12.6. The van der Waals surface area contributed by atoms with Crippen LogP contribution < -0.4 is 10.6 Å². The lowest BCUT2D eigenvalue weighted by atomic mass is 10.1. The van der Waals surface area contributed by atoms with Crippen molar-refractivity contribution in [2.45, 2.75) is 6.42 Å². The van der Waals surface area contributed by atoms with Gasteiger partial charge in [-0.1, -0.05) is 41.9 Å². The Morgan fingerprint density at radius 2 is 1.85 bits per heavy atom. The molecule has 4 nitrogen and oxygen atoms in total. The molecule has 0 fully saturated rings. The van der Waals surface area contributed by atoms with Crippen LogP contribution in [0.2, 0.25) is 5.02 Å². The summed E-state index contributed by atoms with van der Waals surface area (Å²) in [5, 5.41) is 6.44. The summed E-state index contributed by atoms with van der Waals surface area (Å²) < 4.78 is 13.6. The minimum Gasteiger partial charge on any atom is -0.352 e. The number of benzene rings is 2. The second-order valence-corrected chi connectivity index (χ2v) is 6.04. The van der Waals surface area contributed by atoms with Crippen LogP contribution in [0.15, 0.2) is 66.9 Å². The average Bonchev–Trinajstić information content (AvgIpc) is 2.65. The third-order valence-electron chi connectivity index (χ3n) is 3.80. The first-order valence-corrected chi connectivity index (χ1v) is 8.50. The number of para-hydroxylation sites is 1. The zero-order chi connectivity index (χ0) is 18.4. The zero-order valence-corrected chi connectivity index (χ0v) is 14.6. The number of pyridine rings is 1. The summed E-state index contributed by atoms with van der Waals surface area (Å²) >= 11 is 6.12. The maximum absolute atomic E-state index is 13.6. The van der Waals surface area contributed by atoms with E-state index in [0.717, 1.165) is 0 Å². The Morgan fingerprint density at radius 1 is 1.08 bits per heavy atom. The molecular formula is C20H17ClFN3O. The topological polar surface area (TPSA) is 54.0 Å². The Balaban J connectivity index is 1.61. The number of rotatable bonds is 6. The van der Waals surface area contributed by atoms with E-state index in [1.807, 2.05) is 18.2 Å². The van der Waals surface area contributed by atoms with Gasteiger partial charge in [-0.25, -0.2) is 9.37 Å². The van der Waals surface area contributed by atoms with E-state index >= 15 is 0 Å². The molecule has 1 aromatic heterocycles. The van der Waals surface area contributed by atoms with Gasteiger partial charge in [0.25, 0.3) is 5.91 Å². The average molecular weight is 370 g/mol. The molecular weight excluding hydrogens is 353 g/mol. The maximum Gasteiger partial charge on any atom is 0.251 e. The van der Waals surface area contributed by atoms with E-state index in [1.165, 1.54) is 6.07 Å². The summed E-state index contributed by atoms with van der Waals surface area (Å²) in [5.41, 5.74) is 1.74. The smallest absolute Gasteiger partial charge is 0.251 e. The number of carbonyl (C=O) groups excluding carboxylic acids is 1. The molecule has 1 heterocycles. The van der Waals surface area contributed by atoms with Gasteiger partial charge in [-0.2, -0.15) is 0 Å². The van der Waals surface area contributed by atoms with Crippen molar-refractivity contribution >= 4 is 29.0 Å². The second kappa shape index (κ2) is 8.45. The van der Waals surface area contributed by atoms with Gasteiger partial charge in [0, 0.05) is 18.3 Å². The standard InChI is InChI=1S/C20H17ClFN3O/c21-16-6-2-4-8-18(16)25-19-13-15(10-11-23-19)20(26)24-12-9-14-5-1-3-7-17(14)22/h1-8,10-11,13H,9,12H2,(H,23,25)(H,24,26). The van der Waals surface area contributed by atoms with Crippen molar-refractivity contribution in [2.75, 3.05) is 11.9 Å². The van der Waals surface area contributed by atoms with Crippen LogP contribution in [0.4, 0.5) is 15.9 Å². The largest absolute Gasteiger partial charge is 0.352 e. The molecule has 6 heteroatoms. The van der Waals surface area contributed by atoms with Gasteiger partial charge >= 0.3 is 0 Å². The molecule has 2 N–H and O–H groups in total. The highest BCUT2D eigenvalue weighted by molar-refractivity contribution is 6.33. The molecule has 0 unspecified atom stereocenters. The number of anilines is 2. The number of carbonyl (C=O) groups is 1. The molecule has 26 heavy (non-hydrogen) atoms. The summed E-state index contributed by atoms with van der Waals surface area (Å²) in [6.07, 6.45) is 1.97. The third-order valence-corrected chi connectivity index (χ3v) is 4.13. The van der Waals surface area contributed by atoms with Crippen molar-refractivity contribution in [1.29, 1.82) is 0 Å². The van der Waals surface area contributed by atoms with Crippen molar-refractivity contribution in [3.8, 4) is 0 Å². The molecule has 2 aromatic carbocycles. The fourth-order valence-electron chi connectivity index (χ4n) is 2.45. The van der Waals surface area contributed by atoms with Crippen LogP contribution in [0.25, 0.3) is 0 Å². The van der Waals surface area contributed by atoms with Crippen LogP contribution in [-0.4, -0.2) is 17.4 Å². The fraction of sp³-hybridized carbons (Fsp3) is 0.100. The lowest BCUT2D eigenvalue weighted by molar-refractivity contribution is 0.0954. The summed E-state index contributed by atoms with van der Waals surface area (Å²) in [4.78, 5) is 16.5. The molecule has 1 amide bonds. The Labute approximate surface area is 156 Å². The van der Waals surface area contributed by atoms with Gasteiger partial charge in [-0.15, -0.1) is 0 Å². The summed E-state index contributed by atoms with van der Waals surface area (Å²) in [5.74, 6) is 0.00249. The number of halogens is 2. The van der Waals surface area contributed by atoms with E-state index in [4.69, 9.17) is 11.6 Å². The molecule has 0 aliphatic rings. The molecule has 3 rings (SSSR count). The van der Waals surface area contributed by atoms with E-state index in [1.54, 1.807) is 42.6 Å². The molecule has 0 bridgehead atoms. The molecule has 0 saturated carbocycles. The van der Waals surface area contributed by atoms with Crippen LogP contribution in [0, 0.1) is 5.82 Å². The molecule has 132 valence electrons. The highest BCUT2D eigenvalue weighted by Crippen LogP contribution is 2.24. The maximum atomic E-state index is 13.6. The van der Waals surface area contributed by atoms with Gasteiger partial charge in [-0.3, -0.25) is 4.79 Å². The Bertz CT molecular complexity index is 917. The van der Waals surface area contributed by atoms with Gasteiger partial charge in [0.15, 0.2) is 0 Å². The molecule has 0 saturated heterocycles. The van der Waals surface area contributed by atoms with Crippen molar-refractivity contribution in [3.63, 3.8) is 0 Å². The van der Waals surface area contributed by atoms with Crippen LogP contribution in [0.1, 0.15) is 15.9 Å². The molecule has 0 aliphatic heterocycles. The van der Waals surface area contributed by atoms with Crippen molar-refractivity contribution in [1.82, 2.24) is 10.3 Å². The zero-order valence-electron chi connectivity index (χ0n) is 13.9. The number of nitrogens with one attached hydrogen (secondary N) is 2. The molecule has 0 spiro atoms. The lowest BCUT2D eigenvalue weighted by Crippen LogP contribution is -2.26. The second-order valence-electron chi connectivity index (χ2n) is 5.63. The highest BCUT2D eigenvalue weighted by atomic mass is 35.5. The van der Waals surface area contributed by atoms with Crippen LogP contribution >= 0.6 is 11.6 Å². The lowest BCUT2D eigenvalue weighted by Gasteiger charge is -2.09. The van der Waals surface area contributed by atoms with Crippen LogP contribution in [0.3, 0.4) is 0 Å². The summed E-state index contributed by atoms with van der Waals surface area (Å²) in [7, 11) is 0. The van der Waals surface area contributed by atoms with E-state index in [0.29, 0.717) is 40.6 Å². The Morgan fingerprint density at radius 3 is 2.65 bits per heavy atom. The highest BCUT2D eigenvalue weighted by Gasteiger charge is 2.08. The predicted molar refractivity (Wildman–Crippen MR) is 101 cm³/mol. The Kier molecular flexibility index (Phi) is 5.81. The number of aromatic nitrogens is 1. The fourth-order valence-corrected chi connectivity index (χ4v) is 2.64. The number of nitrogens with zero attached hydrogens (tertiary/aromatic N) is 1. The number of amides is 1. The molecule has 0 atom stereocenters. The van der Waals surface area contributed by atoms with E-state index in [-0.39, 0.29) is 11.7 Å². The van der Waals surface area contributed by atoms with E-state index in [9.17, 15) is 9.18 Å². The normalized spacial score (nSPS) is 10.4. The number of hydrogen-bond acceptors (Lipinski definition) is 3. The summed E-state index contributed by atoms with van der Waals surface area (Å²) in [6.45, 7) is 0.343. The Hall–Kier alpha value is -2.92. The molecule has 3 aromatic rings. The molecule has 0 aliphatic carbocycles. The SMILES string of the molecule is O=C(NCCc1ccccc1F)c1ccnc(Nc2ccccc2Cl)c1. The monoisotopic (exact) mass is 369 g/mol. The first-order valence-electron chi connectivity index (χ1n) is 8.13. The minimum absolute atomic E-state index is 0.244. The van der Waals surface area contributed by atoms with E-state index in [2.05, 4.69) is 15.6 Å². The third kappa shape index (κ3) is 4.58. The van der Waals surface area contributed by atoms with Crippen molar-refractivity contribution in [2.24, 2.45) is 0 Å². The van der Waals surface area contributed by atoms with Gasteiger partial charge in [0.05, 0.1) is 10.7 Å². The van der Waals surface area contributed by atoms with Crippen molar-refractivity contribution < 1.29 is 9.18 Å². The predicted octanol–water partition coefficient (Wildman–Crippen LogP) is 4.59.